The van der Waals surface area contributed by atoms with Crippen LogP contribution in [0.1, 0.15) is 0 Å². The minimum atomic E-state index is 0.490. The average Bonchev–Trinajstić information content (AvgIpc) is 2.80. The van der Waals surface area contributed by atoms with Crippen molar-refractivity contribution in [3.05, 3.63) is 54.6 Å². The summed E-state index contributed by atoms with van der Waals surface area (Å²) in [4.78, 5) is 18.1. The molecule has 0 bridgehead atoms. The highest BCUT2D eigenvalue weighted by atomic mass is 16.5. The summed E-state index contributed by atoms with van der Waals surface area (Å²) < 4.78 is 10.7. The van der Waals surface area contributed by atoms with E-state index in [4.69, 9.17) is 14.5 Å². The molecule has 0 amide bonds. The van der Waals surface area contributed by atoms with E-state index in [9.17, 15) is 0 Å². The predicted molar refractivity (Wildman–Crippen MR) is 114 cm³/mol. The number of ether oxygens (including phenoxy) is 2. The summed E-state index contributed by atoms with van der Waals surface area (Å²) in [6.07, 6.45) is 0. The number of hydrogen-bond donors (Lipinski definition) is 1. The average molecular weight is 392 g/mol. The van der Waals surface area contributed by atoms with Crippen LogP contribution in [0.2, 0.25) is 0 Å². The maximum Gasteiger partial charge on any atom is 0.236 e. The minimum Gasteiger partial charge on any atom is -0.497 e. The van der Waals surface area contributed by atoms with Crippen LogP contribution in [0.4, 0.5) is 29.2 Å². The summed E-state index contributed by atoms with van der Waals surface area (Å²) in [7, 11) is 3.60. The Bertz CT molecular complexity index is 930. The van der Waals surface area contributed by atoms with Gasteiger partial charge < -0.3 is 24.6 Å². The molecule has 29 heavy (non-hydrogen) atoms. The van der Waals surface area contributed by atoms with Crippen molar-refractivity contribution < 1.29 is 9.47 Å². The third-order valence-corrected chi connectivity index (χ3v) is 4.70. The molecule has 150 valence electrons. The van der Waals surface area contributed by atoms with Gasteiger partial charge in [0.15, 0.2) is 0 Å². The van der Waals surface area contributed by atoms with Crippen molar-refractivity contribution in [1.29, 1.82) is 0 Å². The first-order valence-corrected chi connectivity index (χ1v) is 9.51. The summed E-state index contributed by atoms with van der Waals surface area (Å²) in [6, 6.07) is 17.7. The van der Waals surface area contributed by atoms with Gasteiger partial charge in [-0.15, -0.1) is 0 Å². The third-order valence-electron chi connectivity index (χ3n) is 4.70. The van der Waals surface area contributed by atoms with E-state index in [0.717, 1.165) is 30.2 Å². The summed E-state index contributed by atoms with van der Waals surface area (Å²) in [5.74, 6) is 2.50. The monoisotopic (exact) mass is 392 g/mol. The predicted octanol–water partition coefficient (Wildman–Crippen LogP) is 3.23. The first-order chi connectivity index (χ1) is 14.2. The lowest BCUT2D eigenvalue weighted by atomic mass is 10.3. The van der Waals surface area contributed by atoms with Gasteiger partial charge in [0.2, 0.25) is 17.8 Å². The molecule has 2 heterocycles. The van der Waals surface area contributed by atoms with Crippen LogP contribution in [0.25, 0.3) is 0 Å². The van der Waals surface area contributed by atoms with Gasteiger partial charge in [0.05, 0.1) is 20.3 Å². The summed E-state index contributed by atoms with van der Waals surface area (Å²) in [5, 5.41) is 3.28. The molecule has 0 spiro atoms. The zero-order valence-electron chi connectivity index (χ0n) is 16.6. The zero-order valence-corrected chi connectivity index (χ0v) is 16.6. The Morgan fingerprint density at radius 1 is 0.966 bits per heavy atom. The number of nitrogens with one attached hydrogen (secondary N) is 1. The second-order valence-corrected chi connectivity index (χ2v) is 6.61. The van der Waals surface area contributed by atoms with Gasteiger partial charge in [-0.1, -0.05) is 18.2 Å². The molecular weight excluding hydrogens is 368 g/mol. The number of methoxy groups -OCH3 is 1. The fraction of sp³-hybridized carbons (Fsp3) is 0.286. The topological polar surface area (TPSA) is 75.6 Å². The van der Waals surface area contributed by atoms with Crippen LogP contribution >= 0.6 is 0 Å². The van der Waals surface area contributed by atoms with Gasteiger partial charge in [0, 0.05) is 31.5 Å². The molecule has 8 nitrogen and oxygen atoms in total. The Balaban J connectivity index is 1.67. The molecule has 1 aromatic heterocycles. The van der Waals surface area contributed by atoms with Gasteiger partial charge in [-0.2, -0.15) is 15.0 Å². The fourth-order valence-corrected chi connectivity index (χ4v) is 3.04. The lowest BCUT2D eigenvalue weighted by molar-refractivity contribution is 0.122. The van der Waals surface area contributed by atoms with E-state index in [2.05, 4.69) is 20.2 Å². The van der Waals surface area contributed by atoms with E-state index >= 15 is 0 Å². The van der Waals surface area contributed by atoms with Crippen molar-refractivity contribution >= 4 is 29.2 Å². The van der Waals surface area contributed by atoms with Crippen LogP contribution in [0.5, 0.6) is 5.75 Å². The molecule has 1 fully saturated rings. The molecule has 0 atom stereocenters. The molecule has 8 heteroatoms. The van der Waals surface area contributed by atoms with E-state index in [-0.39, 0.29) is 0 Å². The van der Waals surface area contributed by atoms with Crippen molar-refractivity contribution in [2.24, 2.45) is 0 Å². The van der Waals surface area contributed by atoms with Crippen LogP contribution in [-0.2, 0) is 4.74 Å². The van der Waals surface area contributed by atoms with Crippen molar-refractivity contribution in [1.82, 2.24) is 15.0 Å². The van der Waals surface area contributed by atoms with Crippen LogP contribution < -0.4 is 19.9 Å². The number of anilines is 5. The summed E-state index contributed by atoms with van der Waals surface area (Å²) in [5.41, 5.74) is 1.88. The maximum absolute atomic E-state index is 5.47. The Morgan fingerprint density at radius 2 is 1.69 bits per heavy atom. The van der Waals surface area contributed by atoms with E-state index in [1.165, 1.54) is 0 Å². The second-order valence-electron chi connectivity index (χ2n) is 6.61. The minimum absolute atomic E-state index is 0.490. The number of para-hydroxylation sites is 1. The molecule has 1 saturated heterocycles. The van der Waals surface area contributed by atoms with Crippen molar-refractivity contribution in [2.75, 3.05) is 55.6 Å². The summed E-state index contributed by atoms with van der Waals surface area (Å²) in [6.45, 7) is 2.83. The fourth-order valence-electron chi connectivity index (χ4n) is 3.04. The third kappa shape index (κ3) is 4.55. The quantitative estimate of drug-likeness (QED) is 0.685. The molecule has 1 aliphatic heterocycles. The molecule has 4 rings (SSSR count). The first-order valence-electron chi connectivity index (χ1n) is 9.51. The van der Waals surface area contributed by atoms with Crippen LogP contribution in [0, 0.1) is 0 Å². The number of rotatable bonds is 6. The van der Waals surface area contributed by atoms with E-state index in [1.807, 2.05) is 66.5 Å². The van der Waals surface area contributed by atoms with Crippen LogP contribution in [0.3, 0.4) is 0 Å². The van der Waals surface area contributed by atoms with Gasteiger partial charge in [0.25, 0.3) is 0 Å². The summed E-state index contributed by atoms with van der Waals surface area (Å²) >= 11 is 0. The molecule has 1 aliphatic rings. The number of benzene rings is 2. The van der Waals surface area contributed by atoms with Crippen molar-refractivity contribution in [2.45, 2.75) is 0 Å². The van der Waals surface area contributed by atoms with Gasteiger partial charge >= 0.3 is 0 Å². The maximum atomic E-state index is 5.47. The molecule has 0 aliphatic carbocycles. The van der Waals surface area contributed by atoms with Crippen LogP contribution in [-0.4, -0.2) is 55.4 Å². The van der Waals surface area contributed by atoms with Crippen LogP contribution in [0.15, 0.2) is 54.6 Å². The molecule has 2 aromatic carbocycles. The highest BCUT2D eigenvalue weighted by molar-refractivity contribution is 5.61. The Kier molecular flexibility index (Phi) is 5.71. The SMILES string of the molecule is COc1ccc(Nc2nc(N3CCOCC3)nc(N(C)c3ccccc3)n2)cc1. The molecule has 0 radical (unpaired) electrons. The zero-order chi connectivity index (χ0) is 20.1. The van der Waals surface area contributed by atoms with E-state index < -0.39 is 0 Å². The van der Waals surface area contributed by atoms with Gasteiger partial charge in [-0.05, 0) is 36.4 Å². The van der Waals surface area contributed by atoms with Gasteiger partial charge in [-0.25, -0.2) is 0 Å². The molecule has 1 N–H and O–H groups in total. The normalized spacial score (nSPS) is 13.8. The molecular formula is C21H24N6O2. The number of aromatic nitrogens is 3. The van der Waals surface area contributed by atoms with E-state index in [0.29, 0.717) is 31.1 Å². The second kappa shape index (κ2) is 8.74. The van der Waals surface area contributed by atoms with Gasteiger partial charge in [-0.3, -0.25) is 0 Å². The molecule has 0 saturated carbocycles. The van der Waals surface area contributed by atoms with Crippen molar-refractivity contribution in [3.63, 3.8) is 0 Å². The highest BCUT2D eigenvalue weighted by Gasteiger charge is 2.18. The highest BCUT2D eigenvalue weighted by Crippen LogP contribution is 2.25. The lowest BCUT2D eigenvalue weighted by Crippen LogP contribution is -2.37. The van der Waals surface area contributed by atoms with Crippen molar-refractivity contribution in [3.8, 4) is 5.75 Å². The smallest absolute Gasteiger partial charge is 0.236 e. The standard InChI is InChI=1S/C21H24N6O2/c1-26(17-6-4-3-5-7-17)20-23-19(22-16-8-10-18(28-2)11-9-16)24-21(25-20)27-12-14-29-15-13-27/h3-11H,12-15H2,1-2H3,(H,22,23,24,25). The number of nitrogens with zero attached hydrogens (tertiary/aromatic N) is 5. The van der Waals surface area contributed by atoms with Gasteiger partial charge in [0.1, 0.15) is 5.75 Å². The Labute approximate surface area is 170 Å². The van der Waals surface area contributed by atoms with E-state index in [1.54, 1.807) is 7.11 Å². The number of morpholine rings is 1. The Hall–Kier alpha value is -3.39. The number of hydrogen-bond acceptors (Lipinski definition) is 8. The largest absolute Gasteiger partial charge is 0.497 e. The lowest BCUT2D eigenvalue weighted by Gasteiger charge is -2.28. The first kappa shape index (κ1) is 18.9. The molecule has 3 aromatic rings. The molecule has 0 unspecified atom stereocenters. The Morgan fingerprint density at radius 3 is 2.38 bits per heavy atom.